The summed E-state index contributed by atoms with van der Waals surface area (Å²) in [6, 6.07) is 0. The van der Waals surface area contributed by atoms with Gasteiger partial charge in [0.1, 0.15) is 0 Å². The van der Waals surface area contributed by atoms with Crippen LogP contribution in [0.5, 0.6) is 0 Å². The molecular formula is C14H22ClN3OS. The molecular weight excluding hydrogens is 294 g/mol. The molecule has 112 valence electrons. The molecule has 0 unspecified atom stereocenters. The lowest BCUT2D eigenvalue weighted by atomic mass is 9.96. The van der Waals surface area contributed by atoms with E-state index in [9.17, 15) is 4.79 Å². The summed E-state index contributed by atoms with van der Waals surface area (Å²) < 4.78 is 0. The molecule has 0 atom stereocenters. The van der Waals surface area contributed by atoms with Crippen molar-refractivity contribution in [1.29, 1.82) is 0 Å². The highest BCUT2D eigenvalue weighted by molar-refractivity contribution is 7.09. The highest BCUT2D eigenvalue weighted by Gasteiger charge is 2.22. The van der Waals surface area contributed by atoms with Crippen molar-refractivity contribution in [2.45, 2.75) is 38.0 Å². The van der Waals surface area contributed by atoms with Gasteiger partial charge < -0.3 is 10.6 Å². The molecule has 1 aromatic rings. The Morgan fingerprint density at radius 1 is 1.45 bits per heavy atom. The van der Waals surface area contributed by atoms with Crippen molar-refractivity contribution >= 4 is 28.8 Å². The molecule has 2 N–H and O–H groups in total. The molecule has 4 nitrogen and oxygen atoms in total. The number of amides is 1. The van der Waals surface area contributed by atoms with E-state index in [0.29, 0.717) is 5.88 Å². The van der Waals surface area contributed by atoms with Crippen LogP contribution < -0.4 is 5.73 Å². The smallest absolute Gasteiger partial charge is 0.220 e. The number of aromatic nitrogens is 1. The second kappa shape index (κ2) is 7.96. The van der Waals surface area contributed by atoms with Crippen LogP contribution in [0.2, 0.25) is 0 Å². The number of carbonyl (C=O) groups excluding carboxylic acids is 1. The molecule has 1 aliphatic heterocycles. The fraction of sp³-hybridized carbons (Fsp3) is 0.714. The number of nitrogens with two attached hydrogens (primary N) is 1. The maximum absolute atomic E-state index is 11.1. The summed E-state index contributed by atoms with van der Waals surface area (Å²) in [4.78, 5) is 18.0. The second-order valence-electron chi connectivity index (χ2n) is 5.34. The Hall–Kier alpha value is -0.650. The zero-order valence-electron chi connectivity index (χ0n) is 11.7. The number of carbonyl (C=O) groups is 1. The summed E-state index contributed by atoms with van der Waals surface area (Å²) >= 11 is 7.44. The molecule has 0 saturated carbocycles. The zero-order valence-corrected chi connectivity index (χ0v) is 13.3. The quantitative estimate of drug-likeness (QED) is 0.621. The first-order valence-corrected chi connectivity index (χ1v) is 8.61. The number of unbranched alkanes of at least 4 members (excludes halogenated alkanes) is 1. The van der Waals surface area contributed by atoms with Crippen LogP contribution in [0, 0.1) is 5.92 Å². The average molecular weight is 316 g/mol. The first-order valence-electron chi connectivity index (χ1n) is 7.20. The van der Waals surface area contributed by atoms with E-state index in [4.69, 9.17) is 17.3 Å². The summed E-state index contributed by atoms with van der Waals surface area (Å²) in [5.74, 6) is 0.463. The van der Waals surface area contributed by atoms with Gasteiger partial charge in [-0.3, -0.25) is 4.79 Å². The van der Waals surface area contributed by atoms with E-state index in [1.165, 1.54) is 11.4 Å². The predicted octanol–water partition coefficient (Wildman–Crippen LogP) is 2.40. The van der Waals surface area contributed by atoms with Gasteiger partial charge >= 0.3 is 0 Å². The van der Waals surface area contributed by atoms with E-state index in [-0.39, 0.29) is 11.8 Å². The van der Waals surface area contributed by atoms with Crippen LogP contribution >= 0.6 is 22.9 Å². The van der Waals surface area contributed by atoms with E-state index in [1.54, 1.807) is 11.3 Å². The average Bonchev–Trinajstić information content (AvgIpc) is 2.92. The third-order valence-electron chi connectivity index (χ3n) is 3.84. The zero-order chi connectivity index (χ0) is 14.4. The maximum atomic E-state index is 11.1. The number of alkyl halides is 1. The highest BCUT2D eigenvalue weighted by atomic mass is 35.5. The number of likely N-dealkylation sites (tertiary alicyclic amines) is 1. The van der Waals surface area contributed by atoms with Crippen molar-refractivity contribution in [3.8, 4) is 0 Å². The highest BCUT2D eigenvalue weighted by Crippen LogP contribution is 2.18. The van der Waals surface area contributed by atoms with Crippen molar-refractivity contribution in [3.63, 3.8) is 0 Å². The van der Waals surface area contributed by atoms with Crippen LogP contribution in [-0.4, -0.2) is 35.4 Å². The number of thiazole rings is 1. The van der Waals surface area contributed by atoms with E-state index < -0.39 is 0 Å². The molecule has 1 aromatic heterocycles. The van der Waals surface area contributed by atoms with Gasteiger partial charge in [0.05, 0.1) is 16.6 Å². The van der Waals surface area contributed by atoms with Crippen molar-refractivity contribution in [2.75, 3.05) is 19.6 Å². The molecule has 0 spiro atoms. The van der Waals surface area contributed by atoms with Gasteiger partial charge in [-0.2, -0.15) is 0 Å². The molecule has 1 aliphatic rings. The minimum atomic E-state index is -0.136. The predicted molar refractivity (Wildman–Crippen MR) is 83.0 cm³/mol. The minimum Gasteiger partial charge on any atom is -0.369 e. The van der Waals surface area contributed by atoms with Gasteiger partial charge in [0.15, 0.2) is 0 Å². The molecule has 2 heterocycles. The molecule has 1 amide bonds. The van der Waals surface area contributed by atoms with Gasteiger partial charge in [-0.15, -0.1) is 22.9 Å². The molecule has 6 heteroatoms. The summed E-state index contributed by atoms with van der Waals surface area (Å²) in [5.41, 5.74) is 6.33. The number of hydrogen-bond donors (Lipinski definition) is 1. The fourth-order valence-electron chi connectivity index (χ4n) is 2.58. The number of nitrogens with zero attached hydrogens (tertiary/aromatic N) is 2. The number of aryl methyl sites for hydroxylation is 1. The van der Waals surface area contributed by atoms with Crippen LogP contribution in [0.15, 0.2) is 5.38 Å². The van der Waals surface area contributed by atoms with Crippen LogP contribution in [0.3, 0.4) is 0 Å². The Bertz CT molecular complexity index is 430. The second-order valence-corrected chi connectivity index (χ2v) is 6.55. The third-order valence-corrected chi connectivity index (χ3v) is 5.07. The van der Waals surface area contributed by atoms with Crippen LogP contribution in [0.25, 0.3) is 0 Å². The number of hydrogen-bond acceptors (Lipinski definition) is 4. The monoisotopic (exact) mass is 315 g/mol. The lowest BCUT2D eigenvalue weighted by Gasteiger charge is -2.30. The van der Waals surface area contributed by atoms with Gasteiger partial charge in [-0.05, 0) is 51.7 Å². The van der Waals surface area contributed by atoms with Gasteiger partial charge in [-0.25, -0.2) is 4.98 Å². The molecule has 1 saturated heterocycles. The van der Waals surface area contributed by atoms with Crippen LogP contribution in [0.1, 0.15) is 36.4 Å². The third kappa shape index (κ3) is 4.72. The van der Waals surface area contributed by atoms with Gasteiger partial charge in [-0.1, -0.05) is 0 Å². The van der Waals surface area contributed by atoms with Crippen molar-refractivity contribution < 1.29 is 4.79 Å². The topological polar surface area (TPSA) is 59.2 Å². The van der Waals surface area contributed by atoms with E-state index in [0.717, 1.165) is 51.0 Å². The minimum absolute atomic E-state index is 0.0931. The van der Waals surface area contributed by atoms with Gasteiger partial charge in [0, 0.05) is 11.3 Å². The lowest BCUT2D eigenvalue weighted by molar-refractivity contribution is -0.123. The van der Waals surface area contributed by atoms with Gasteiger partial charge in [0.2, 0.25) is 5.91 Å². The van der Waals surface area contributed by atoms with Gasteiger partial charge in [0.25, 0.3) is 0 Å². The normalized spacial score (nSPS) is 17.4. The van der Waals surface area contributed by atoms with Crippen molar-refractivity contribution in [1.82, 2.24) is 9.88 Å². The van der Waals surface area contributed by atoms with Crippen molar-refractivity contribution in [3.05, 3.63) is 16.1 Å². The standard InChI is InChI=1S/C14H22ClN3OS/c15-9-12-10-20-13(17-12)3-1-2-6-18-7-4-11(5-8-18)14(16)19/h10-11H,1-9H2,(H2,16,19). The summed E-state index contributed by atoms with van der Waals surface area (Å²) in [5, 5.41) is 3.23. The summed E-state index contributed by atoms with van der Waals surface area (Å²) in [7, 11) is 0. The summed E-state index contributed by atoms with van der Waals surface area (Å²) in [6.45, 7) is 3.11. The number of rotatable bonds is 7. The van der Waals surface area contributed by atoms with E-state index in [2.05, 4.69) is 9.88 Å². The molecule has 0 aliphatic carbocycles. The lowest BCUT2D eigenvalue weighted by Crippen LogP contribution is -2.38. The summed E-state index contributed by atoms with van der Waals surface area (Å²) in [6.07, 6.45) is 5.21. The number of halogens is 1. The molecule has 20 heavy (non-hydrogen) atoms. The Balaban J connectivity index is 1.59. The first kappa shape index (κ1) is 15.7. The van der Waals surface area contributed by atoms with E-state index >= 15 is 0 Å². The molecule has 0 bridgehead atoms. The molecule has 0 radical (unpaired) electrons. The number of piperidine rings is 1. The Morgan fingerprint density at radius 3 is 2.80 bits per heavy atom. The Labute approximate surface area is 129 Å². The van der Waals surface area contributed by atoms with Crippen molar-refractivity contribution in [2.24, 2.45) is 11.7 Å². The van der Waals surface area contributed by atoms with Crippen LogP contribution in [-0.2, 0) is 17.1 Å². The Morgan fingerprint density at radius 2 is 2.20 bits per heavy atom. The molecule has 2 rings (SSSR count). The molecule has 1 fully saturated rings. The SMILES string of the molecule is NC(=O)C1CCN(CCCCc2nc(CCl)cs2)CC1. The number of primary amides is 1. The Kier molecular flexibility index (Phi) is 6.26. The fourth-order valence-corrected chi connectivity index (χ4v) is 3.65. The molecule has 0 aromatic carbocycles. The largest absolute Gasteiger partial charge is 0.369 e. The maximum Gasteiger partial charge on any atom is 0.220 e. The first-order chi connectivity index (χ1) is 9.69. The van der Waals surface area contributed by atoms with E-state index in [1.807, 2.05) is 5.38 Å². The van der Waals surface area contributed by atoms with Crippen LogP contribution in [0.4, 0.5) is 0 Å².